The SMILES string of the molecule is C[C@H]1C[C@H](C)CN(c2csc3ccc(Br)cc3c2=O)C1. The molecule has 0 spiro atoms. The molecular weight excluding hydrogens is 334 g/mol. The first kappa shape index (κ1) is 14.1. The zero-order chi connectivity index (χ0) is 14.3. The van der Waals surface area contributed by atoms with Crippen molar-refractivity contribution in [3.05, 3.63) is 38.3 Å². The minimum absolute atomic E-state index is 0.168. The van der Waals surface area contributed by atoms with Crippen molar-refractivity contribution < 1.29 is 0 Å². The van der Waals surface area contributed by atoms with Crippen LogP contribution in [0.2, 0.25) is 0 Å². The molecule has 0 saturated carbocycles. The third kappa shape index (κ3) is 2.63. The molecule has 0 N–H and O–H groups in total. The number of hydrogen-bond donors (Lipinski definition) is 0. The summed E-state index contributed by atoms with van der Waals surface area (Å²) in [5.74, 6) is 1.31. The highest BCUT2D eigenvalue weighted by Gasteiger charge is 2.24. The third-order valence-corrected chi connectivity index (χ3v) is 5.37. The van der Waals surface area contributed by atoms with Gasteiger partial charge in [0, 0.05) is 33.0 Å². The summed E-state index contributed by atoms with van der Waals surface area (Å²) in [7, 11) is 0. The highest BCUT2D eigenvalue weighted by molar-refractivity contribution is 9.10. The summed E-state index contributed by atoms with van der Waals surface area (Å²) in [5.41, 5.74) is 1.04. The molecule has 0 aliphatic carbocycles. The molecule has 0 unspecified atom stereocenters. The summed E-state index contributed by atoms with van der Waals surface area (Å²) in [6, 6.07) is 5.94. The van der Waals surface area contributed by atoms with Gasteiger partial charge >= 0.3 is 0 Å². The Bertz CT molecular complexity index is 686. The first-order valence-electron chi connectivity index (χ1n) is 7.00. The lowest BCUT2D eigenvalue weighted by atomic mass is 9.91. The van der Waals surface area contributed by atoms with E-state index in [1.54, 1.807) is 11.3 Å². The number of nitrogens with zero attached hydrogens (tertiary/aromatic N) is 1. The van der Waals surface area contributed by atoms with Gasteiger partial charge in [-0.05, 0) is 36.5 Å². The maximum Gasteiger partial charge on any atom is 0.211 e. The van der Waals surface area contributed by atoms with Crippen molar-refractivity contribution in [1.29, 1.82) is 0 Å². The number of benzene rings is 1. The number of piperidine rings is 1. The quantitative estimate of drug-likeness (QED) is 0.753. The Morgan fingerprint density at radius 2 is 1.95 bits per heavy atom. The molecule has 106 valence electrons. The normalized spacial score (nSPS) is 23.2. The molecular formula is C16H18BrNOS. The highest BCUT2D eigenvalue weighted by atomic mass is 79.9. The third-order valence-electron chi connectivity index (χ3n) is 3.93. The van der Waals surface area contributed by atoms with Gasteiger partial charge in [0.25, 0.3) is 0 Å². The Morgan fingerprint density at radius 1 is 1.25 bits per heavy atom. The minimum Gasteiger partial charge on any atom is -0.367 e. The van der Waals surface area contributed by atoms with E-state index >= 15 is 0 Å². The standard InChI is InChI=1S/C16H18BrNOS/c1-10-5-11(2)8-18(7-10)14-9-20-15-4-3-12(17)6-13(15)16(14)19/h3-4,6,9-11H,5,7-8H2,1-2H3/t10-,11-/m0/s1. The molecule has 1 aromatic heterocycles. The van der Waals surface area contributed by atoms with Gasteiger partial charge in [-0.25, -0.2) is 0 Å². The summed E-state index contributed by atoms with van der Waals surface area (Å²) in [6.45, 7) is 6.53. The fourth-order valence-corrected chi connectivity index (χ4v) is 4.45. The van der Waals surface area contributed by atoms with E-state index in [9.17, 15) is 4.79 Å². The van der Waals surface area contributed by atoms with Crippen LogP contribution < -0.4 is 10.3 Å². The molecule has 2 heterocycles. The van der Waals surface area contributed by atoms with E-state index in [2.05, 4.69) is 34.7 Å². The van der Waals surface area contributed by atoms with Crippen LogP contribution in [0.15, 0.2) is 32.8 Å². The molecule has 1 aliphatic heterocycles. The van der Waals surface area contributed by atoms with Crippen LogP contribution in [-0.4, -0.2) is 13.1 Å². The van der Waals surface area contributed by atoms with Crippen LogP contribution in [0.4, 0.5) is 5.69 Å². The Hall–Kier alpha value is -0.870. The van der Waals surface area contributed by atoms with Crippen LogP contribution in [0.3, 0.4) is 0 Å². The molecule has 2 aromatic rings. The van der Waals surface area contributed by atoms with Crippen molar-refractivity contribution in [2.45, 2.75) is 20.3 Å². The molecule has 1 fully saturated rings. The molecule has 0 radical (unpaired) electrons. The fraction of sp³-hybridized carbons (Fsp3) is 0.438. The van der Waals surface area contributed by atoms with Crippen LogP contribution >= 0.6 is 27.3 Å². The molecule has 2 atom stereocenters. The van der Waals surface area contributed by atoms with E-state index in [-0.39, 0.29) is 5.43 Å². The van der Waals surface area contributed by atoms with E-state index in [0.717, 1.165) is 33.3 Å². The van der Waals surface area contributed by atoms with Gasteiger partial charge < -0.3 is 4.90 Å². The van der Waals surface area contributed by atoms with Crippen molar-refractivity contribution in [2.24, 2.45) is 11.8 Å². The van der Waals surface area contributed by atoms with Crippen molar-refractivity contribution in [3.63, 3.8) is 0 Å². The topological polar surface area (TPSA) is 20.3 Å². The maximum atomic E-state index is 12.7. The molecule has 4 heteroatoms. The summed E-state index contributed by atoms with van der Waals surface area (Å²) in [4.78, 5) is 15.0. The van der Waals surface area contributed by atoms with Crippen LogP contribution in [0.25, 0.3) is 10.1 Å². The highest BCUT2D eigenvalue weighted by Crippen LogP contribution is 2.28. The molecule has 20 heavy (non-hydrogen) atoms. The van der Waals surface area contributed by atoms with Gasteiger partial charge in [-0.2, -0.15) is 0 Å². The number of halogens is 1. The van der Waals surface area contributed by atoms with Gasteiger partial charge in [-0.1, -0.05) is 29.8 Å². The average molecular weight is 352 g/mol. The molecule has 1 aromatic carbocycles. The van der Waals surface area contributed by atoms with Crippen LogP contribution in [0.5, 0.6) is 0 Å². The molecule has 1 aliphatic rings. The maximum absolute atomic E-state index is 12.7. The summed E-state index contributed by atoms with van der Waals surface area (Å²) in [6.07, 6.45) is 1.26. The number of hydrogen-bond acceptors (Lipinski definition) is 3. The summed E-state index contributed by atoms with van der Waals surface area (Å²) in [5, 5.41) is 2.86. The van der Waals surface area contributed by atoms with Gasteiger partial charge in [0.15, 0.2) is 0 Å². The number of fused-ring (bicyclic) bond motifs is 1. The van der Waals surface area contributed by atoms with Gasteiger partial charge in [-0.3, -0.25) is 4.79 Å². The predicted molar refractivity (Wildman–Crippen MR) is 91.0 cm³/mol. The summed E-state index contributed by atoms with van der Waals surface area (Å²) < 4.78 is 2.02. The summed E-state index contributed by atoms with van der Waals surface area (Å²) >= 11 is 5.12. The van der Waals surface area contributed by atoms with Crippen molar-refractivity contribution >= 4 is 43.0 Å². The Morgan fingerprint density at radius 3 is 2.65 bits per heavy atom. The van der Waals surface area contributed by atoms with E-state index in [1.165, 1.54) is 6.42 Å². The monoisotopic (exact) mass is 351 g/mol. The van der Waals surface area contributed by atoms with E-state index in [1.807, 2.05) is 23.6 Å². The lowest BCUT2D eigenvalue weighted by molar-refractivity contribution is 0.356. The minimum atomic E-state index is 0.168. The molecule has 2 nitrogen and oxygen atoms in total. The van der Waals surface area contributed by atoms with Crippen molar-refractivity contribution in [3.8, 4) is 0 Å². The van der Waals surface area contributed by atoms with Gasteiger partial charge in [-0.15, -0.1) is 11.3 Å². The van der Waals surface area contributed by atoms with E-state index in [0.29, 0.717) is 11.8 Å². The second-order valence-corrected chi connectivity index (χ2v) is 7.77. The largest absolute Gasteiger partial charge is 0.367 e. The Labute approximate surface area is 131 Å². The van der Waals surface area contributed by atoms with Gasteiger partial charge in [0.1, 0.15) is 0 Å². The molecule has 0 amide bonds. The Balaban J connectivity index is 2.08. The van der Waals surface area contributed by atoms with Gasteiger partial charge in [0.2, 0.25) is 5.43 Å². The first-order valence-corrected chi connectivity index (χ1v) is 8.68. The first-order chi connectivity index (χ1) is 9.54. The molecule has 3 rings (SSSR count). The lowest BCUT2D eigenvalue weighted by Gasteiger charge is -2.36. The average Bonchev–Trinajstić information content (AvgIpc) is 2.38. The zero-order valence-corrected chi connectivity index (χ0v) is 14.1. The van der Waals surface area contributed by atoms with E-state index in [4.69, 9.17) is 0 Å². The Kier molecular flexibility index (Phi) is 3.87. The number of anilines is 1. The smallest absolute Gasteiger partial charge is 0.211 e. The van der Waals surface area contributed by atoms with Crippen molar-refractivity contribution in [2.75, 3.05) is 18.0 Å². The zero-order valence-electron chi connectivity index (χ0n) is 11.7. The second kappa shape index (κ2) is 5.49. The van der Waals surface area contributed by atoms with Crippen LogP contribution in [-0.2, 0) is 0 Å². The van der Waals surface area contributed by atoms with Crippen molar-refractivity contribution in [1.82, 2.24) is 0 Å². The van der Waals surface area contributed by atoms with E-state index < -0.39 is 0 Å². The fourth-order valence-electron chi connectivity index (χ4n) is 3.17. The lowest BCUT2D eigenvalue weighted by Crippen LogP contribution is -2.40. The van der Waals surface area contributed by atoms with Gasteiger partial charge in [0.05, 0.1) is 5.69 Å². The molecule has 1 saturated heterocycles. The predicted octanol–water partition coefficient (Wildman–Crippen LogP) is 4.51. The van der Waals surface area contributed by atoms with Crippen LogP contribution in [0, 0.1) is 11.8 Å². The second-order valence-electron chi connectivity index (χ2n) is 5.94. The number of rotatable bonds is 1. The van der Waals surface area contributed by atoms with Crippen LogP contribution in [0.1, 0.15) is 20.3 Å². The molecule has 0 bridgehead atoms.